The third-order valence-corrected chi connectivity index (χ3v) is 2.32. The van der Waals surface area contributed by atoms with Gasteiger partial charge in [-0.05, 0) is 42.3 Å². The first kappa shape index (κ1) is 11.4. The van der Waals surface area contributed by atoms with Crippen molar-refractivity contribution >= 4 is 17.9 Å². The first-order valence-corrected chi connectivity index (χ1v) is 5.35. The van der Waals surface area contributed by atoms with Crippen molar-refractivity contribution in [2.45, 2.75) is 0 Å². The fraction of sp³-hybridized carbons (Fsp3) is 0. The number of carbonyl (C=O) groups excluding carboxylic acids is 1. The number of aromatic nitrogens is 1. The van der Waals surface area contributed by atoms with Crippen LogP contribution in [0.5, 0.6) is 0 Å². The predicted octanol–water partition coefficient (Wildman–Crippen LogP) is 2.95. The van der Waals surface area contributed by atoms with Crippen LogP contribution in [0.25, 0.3) is 0 Å². The number of halogens is 1. The molecule has 0 N–H and O–H groups in total. The minimum Gasteiger partial charge on any atom is -0.296 e. The first-order chi connectivity index (χ1) is 8.28. The fourth-order valence-corrected chi connectivity index (χ4v) is 1.38. The van der Waals surface area contributed by atoms with E-state index in [4.69, 9.17) is 11.6 Å². The van der Waals surface area contributed by atoms with Crippen molar-refractivity contribution in [1.82, 2.24) is 4.98 Å². The smallest absolute Gasteiger partial charge is 0.168 e. The molecule has 0 saturated carbocycles. The summed E-state index contributed by atoms with van der Waals surface area (Å²) in [6.07, 6.45) is 0.702. The van der Waals surface area contributed by atoms with Gasteiger partial charge in [-0.25, -0.2) is 4.98 Å². The molecule has 3 heteroatoms. The van der Waals surface area contributed by atoms with Gasteiger partial charge in [-0.3, -0.25) is 4.79 Å². The molecule has 2 rings (SSSR count). The summed E-state index contributed by atoms with van der Waals surface area (Å²) < 4.78 is 0. The number of hydrogen-bond acceptors (Lipinski definition) is 2. The minimum absolute atomic E-state index is 0.382. The van der Waals surface area contributed by atoms with Gasteiger partial charge in [0.15, 0.2) is 6.29 Å². The number of pyridine rings is 1. The van der Waals surface area contributed by atoms with Gasteiger partial charge in [0, 0.05) is 10.6 Å². The maximum Gasteiger partial charge on any atom is 0.168 e. The Kier molecular flexibility index (Phi) is 3.54. The van der Waals surface area contributed by atoms with Gasteiger partial charge in [-0.2, -0.15) is 0 Å². The SMILES string of the molecule is O=Cc1cccc(C#Cc2ccc(Cl)cc2)n1. The molecule has 17 heavy (non-hydrogen) atoms. The van der Waals surface area contributed by atoms with Gasteiger partial charge in [0.05, 0.1) is 0 Å². The summed E-state index contributed by atoms with van der Waals surface area (Å²) in [5.41, 5.74) is 1.81. The van der Waals surface area contributed by atoms with Crippen LogP contribution in [-0.4, -0.2) is 11.3 Å². The van der Waals surface area contributed by atoms with Crippen LogP contribution >= 0.6 is 11.6 Å². The van der Waals surface area contributed by atoms with Crippen molar-refractivity contribution in [3.8, 4) is 11.8 Å². The zero-order valence-corrected chi connectivity index (χ0v) is 9.61. The Balaban J connectivity index is 2.26. The van der Waals surface area contributed by atoms with E-state index in [0.717, 1.165) is 5.56 Å². The highest BCUT2D eigenvalue weighted by molar-refractivity contribution is 6.30. The molecule has 0 fully saturated rings. The van der Waals surface area contributed by atoms with Crippen LogP contribution in [0.15, 0.2) is 42.5 Å². The highest BCUT2D eigenvalue weighted by atomic mass is 35.5. The molecule has 0 amide bonds. The highest BCUT2D eigenvalue weighted by Crippen LogP contribution is 2.08. The quantitative estimate of drug-likeness (QED) is 0.568. The largest absolute Gasteiger partial charge is 0.296 e. The predicted molar refractivity (Wildman–Crippen MR) is 67.1 cm³/mol. The second kappa shape index (κ2) is 5.29. The normalized spacial score (nSPS) is 9.24. The van der Waals surface area contributed by atoms with Crippen molar-refractivity contribution in [3.63, 3.8) is 0 Å². The van der Waals surface area contributed by atoms with E-state index in [1.54, 1.807) is 30.3 Å². The number of rotatable bonds is 1. The number of hydrogen-bond donors (Lipinski definition) is 0. The summed E-state index contributed by atoms with van der Waals surface area (Å²) >= 11 is 5.77. The van der Waals surface area contributed by atoms with E-state index in [-0.39, 0.29) is 0 Å². The summed E-state index contributed by atoms with van der Waals surface area (Å²) in [6, 6.07) is 12.4. The van der Waals surface area contributed by atoms with E-state index in [0.29, 0.717) is 22.7 Å². The van der Waals surface area contributed by atoms with Gasteiger partial charge in [-0.15, -0.1) is 0 Å². The van der Waals surface area contributed by atoms with Gasteiger partial charge in [0.2, 0.25) is 0 Å². The average Bonchev–Trinajstić information content (AvgIpc) is 2.38. The highest BCUT2D eigenvalue weighted by Gasteiger charge is 1.92. The molecule has 0 saturated heterocycles. The molecule has 2 nitrogen and oxygen atoms in total. The molecule has 0 atom stereocenters. The van der Waals surface area contributed by atoms with E-state index in [2.05, 4.69) is 16.8 Å². The molecule has 2 aromatic rings. The van der Waals surface area contributed by atoms with Gasteiger partial charge < -0.3 is 0 Å². The van der Waals surface area contributed by atoms with Crippen LogP contribution in [0.3, 0.4) is 0 Å². The number of aldehydes is 1. The van der Waals surface area contributed by atoms with Gasteiger partial charge in [-0.1, -0.05) is 23.6 Å². The Hall–Kier alpha value is -2.11. The molecule has 1 aromatic carbocycles. The zero-order valence-electron chi connectivity index (χ0n) is 8.85. The van der Waals surface area contributed by atoms with Crippen molar-refractivity contribution in [2.24, 2.45) is 0 Å². The molecule has 0 aliphatic rings. The van der Waals surface area contributed by atoms with Crippen LogP contribution in [0.1, 0.15) is 21.7 Å². The fourth-order valence-electron chi connectivity index (χ4n) is 1.26. The Labute approximate surface area is 104 Å². The summed E-state index contributed by atoms with van der Waals surface area (Å²) in [6.45, 7) is 0. The second-order valence-electron chi connectivity index (χ2n) is 3.32. The lowest BCUT2D eigenvalue weighted by Crippen LogP contribution is -1.89. The van der Waals surface area contributed by atoms with Crippen LogP contribution in [0.4, 0.5) is 0 Å². The van der Waals surface area contributed by atoms with E-state index in [1.807, 2.05) is 12.1 Å². The van der Waals surface area contributed by atoms with E-state index >= 15 is 0 Å². The Morgan fingerprint density at radius 3 is 2.53 bits per heavy atom. The molecule has 0 spiro atoms. The summed E-state index contributed by atoms with van der Waals surface area (Å²) in [5, 5.41) is 0.677. The van der Waals surface area contributed by atoms with Crippen molar-refractivity contribution in [1.29, 1.82) is 0 Å². The number of nitrogens with zero attached hydrogens (tertiary/aromatic N) is 1. The molecule has 0 aliphatic heterocycles. The zero-order chi connectivity index (χ0) is 12.1. The van der Waals surface area contributed by atoms with Crippen LogP contribution < -0.4 is 0 Å². The number of benzene rings is 1. The number of carbonyl (C=O) groups is 1. The minimum atomic E-state index is 0.382. The van der Waals surface area contributed by atoms with Crippen LogP contribution in [0, 0.1) is 11.8 Å². The van der Waals surface area contributed by atoms with Crippen molar-refractivity contribution in [3.05, 3.63) is 64.4 Å². The molecule has 82 valence electrons. The lowest BCUT2D eigenvalue weighted by Gasteiger charge is -1.92. The van der Waals surface area contributed by atoms with E-state index in [1.165, 1.54) is 0 Å². The van der Waals surface area contributed by atoms with E-state index in [9.17, 15) is 4.79 Å². The third-order valence-electron chi connectivity index (χ3n) is 2.07. The first-order valence-electron chi connectivity index (χ1n) is 4.98. The van der Waals surface area contributed by atoms with Crippen molar-refractivity contribution < 1.29 is 4.79 Å². The molecule has 1 aromatic heterocycles. The maximum absolute atomic E-state index is 10.5. The van der Waals surface area contributed by atoms with Gasteiger partial charge in [0.25, 0.3) is 0 Å². The van der Waals surface area contributed by atoms with Gasteiger partial charge >= 0.3 is 0 Å². The van der Waals surface area contributed by atoms with Crippen LogP contribution in [0.2, 0.25) is 5.02 Å². The summed E-state index contributed by atoms with van der Waals surface area (Å²) in [4.78, 5) is 14.6. The van der Waals surface area contributed by atoms with E-state index < -0.39 is 0 Å². The topological polar surface area (TPSA) is 30.0 Å². The summed E-state index contributed by atoms with van der Waals surface area (Å²) in [7, 11) is 0. The Morgan fingerprint density at radius 2 is 1.82 bits per heavy atom. The monoisotopic (exact) mass is 241 g/mol. The summed E-state index contributed by atoms with van der Waals surface area (Å²) in [5.74, 6) is 5.84. The van der Waals surface area contributed by atoms with Crippen LogP contribution in [-0.2, 0) is 0 Å². The third kappa shape index (κ3) is 3.17. The molecule has 1 heterocycles. The lowest BCUT2D eigenvalue weighted by molar-refractivity contribution is 0.111. The standard InChI is InChI=1S/C14H8ClNO/c15-12-7-4-11(5-8-12)6-9-13-2-1-3-14(10-17)16-13/h1-5,7-8,10H. The Morgan fingerprint density at radius 1 is 1.06 bits per heavy atom. The molecule has 0 unspecified atom stereocenters. The van der Waals surface area contributed by atoms with Gasteiger partial charge in [0.1, 0.15) is 11.4 Å². The average molecular weight is 242 g/mol. The maximum atomic E-state index is 10.5. The second-order valence-corrected chi connectivity index (χ2v) is 3.76. The Bertz CT molecular complexity index is 594. The van der Waals surface area contributed by atoms with Crippen molar-refractivity contribution in [2.75, 3.05) is 0 Å². The molecule has 0 radical (unpaired) electrons. The molecule has 0 aliphatic carbocycles. The molecular weight excluding hydrogens is 234 g/mol. The lowest BCUT2D eigenvalue weighted by atomic mass is 10.2. The molecular formula is C14H8ClNO. The molecule has 0 bridgehead atoms.